The summed E-state index contributed by atoms with van der Waals surface area (Å²) in [7, 11) is 1.70. The topological polar surface area (TPSA) is 84.6 Å². The molecule has 0 spiro atoms. The molecule has 0 saturated carbocycles. The van der Waals surface area contributed by atoms with Gasteiger partial charge >= 0.3 is 0 Å². The van der Waals surface area contributed by atoms with Crippen molar-refractivity contribution in [3.63, 3.8) is 0 Å². The smallest absolute Gasteiger partial charge is 0.249 e. The van der Waals surface area contributed by atoms with Crippen LogP contribution in [0.25, 0.3) is 0 Å². The maximum absolute atomic E-state index is 11.9. The molecule has 4 rings (SSSR count). The van der Waals surface area contributed by atoms with E-state index in [1.54, 1.807) is 13.3 Å². The Morgan fingerprint density at radius 1 is 1.11 bits per heavy atom. The van der Waals surface area contributed by atoms with Gasteiger partial charge in [0.25, 0.3) is 0 Å². The van der Waals surface area contributed by atoms with Crippen LogP contribution in [-0.2, 0) is 13.0 Å². The summed E-state index contributed by atoms with van der Waals surface area (Å²) in [6.45, 7) is 11.3. The zero-order valence-electron chi connectivity index (χ0n) is 23.4. The third-order valence-corrected chi connectivity index (χ3v) is 8.12. The van der Waals surface area contributed by atoms with Crippen molar-refractivity contribution in [3.05, 3.63) is 82.4 Å². The fourth-order valence-corrected chi connectivity index (χ4v) is 5.62. The van der Waals surface area contributed by atoms with Crippen LogP contribution in [0.3, 0.4) is 0 Å². The molecule has 0 aliphatic carbocycles. The molecule has 0 bridgehead atoms. The SMILES string of the molecule is COc1ccc(N(Cc2cnccc2C)C2CCN([C@H](C)CCc3ncc(C)c(C(N)=O)c3C)CC2)cc1. The number of aromatic nitrogens is 2. The highest BCUT2D eigenvalue weighted by atomic mass is 16.5. The van der Waals surface area contributed by atoms with Crippen LogP contribution in [0.2, 0.25) is 0 Å². The van der Waals surface area contributed by atoms with Crippen molar-refractivity contribution < 1.29 is 9.53 Å². The molecular weight excluding hydrogens is 474 g/mol. The van der Waals surface area contributed by atoms with Gasteiger partial charge in [-0.2, -0.15) is 0 Å². The number of ether oxygens (including phenoxy) is 1. The van der Waals surface area contributed by atoms with Crippen LogP contribution in [0.1, 0.15) is 64.5 Å². The number of pyridine rings is 2. The number of rotatable bonds is 10. The Morgan fingerprint density at radius 3 is 2.45 bits per heavy atom. The Bertz CT molecular complexity index is 1240. The van der Waals surface area contributed by atoms with E-state index in [0.29, 0.717) is 17.6 Å². The molecule has 2 aromatic heterocycles. The zero-order valence-corrected chi connectivity index (χ0v) is 23.4. The number of methoxy groups -OCH3 is 1. The number of hydrogen-bond acceptors (Lipinski definition) is 6. The van der Waals surface area contributed by atoms with E-state index in [9.17, 15) is 4.79 Å². The van der Waals surface area contributed by atoms with Crippen LogP contribution >= 0.6 is 0 Å². The monoisotopic (exact) mass is 515 g/mol. The molecule has 0 radical (unpaired) electrons. The van der Waals surface area contributed by atoms with Crippen LogP contribution in [0.4, 0.5) is 5.69 Å². The van der Waals surface area contributed by atoms with E-state index in [2.05, 4.69) is 51.8 Å². The van der Waals surface area contributed by atoms with Gasteiger partial charge < -0.3 is 20.3 Å². The van der Waals surface area contributed by atoms with Gasteiger partial charge in [-0.1, -0.05) is 0 Å². The molecule has 1 fully saturated rings. The standard InChI is InChI=1S/C31H41N5O2/c1-21-12-15-33-19-25(21)20-36(26-7-9-28(38-5)10-8-26)27-13-16-35(17-14-27)23(3)6-11-29-24(4)30(31(32)37)22(2)18-34-29/h7-10,12,15,18-19,23,27H,6,11,13-14,16-17,20H2,1-5H3,(H2,32,37)/t23-/m1/s1. The first-order valence-corrected chi connectivity index (χ1v) is 13.6. The second-order valence-corrected chi connectivity index (χ2v) is 10.5. The van der Waals surface area contributed by atoms with Crippen LogP contribution in [0, 0.1) is 20.8 Å². The fraction of sp³-hybridized carbons (Fsp3) is 0.452. The van der Waals surface area contributed by atoms with E-state index >= 15 is 0 Å². The van der Waals surface area contributed by atoms with Crippen LogP contribution in [0.5, 0.6) is 5.75 Å². The van der Waals surface area contributed by atoms with Crippen LogP contribution in [-0.4, -0.2) is 53.1 Å². The van der Waals surface area contributed by atoms with Gasteiger partial charge in [0.1, 0.15) is 5.75 Å². The van der Waals surface area contributed by atoms with E-state index in [1.807, 2.05) is 38.4 Å². The summed E-state index contributed by atoms with van der Waals surface area (Å²) in [6, 6.07) is 11.4. The predicted octanol–water partition coefficient (Wildman–Crippen LogP) is 5.00. The van der Waals surface area contributed by atoms with Crippen molar-refractivity contribution in [2.24, 2.45) is 5.73 Å². The summed E-state index contributed by atoms with van der Waals surface area (Å²) in [5.41, 5.74) is 12.7. The molecule has 3 aromatic rings. The summed E-state index contributed by atoms with van der Waals surface area (Å²) in [4.78, 5) is 26.0. The van der Waals surface area contributed by atoms with Gasteiger partial charge in [0.2, 0.25) is 5.91 Å². The third kappa shape index (κ3) is 6.33. The van der Waals surface area contributed by atoms with Crippen molar-refractivity contribution in [2.75, 3.05) is 25.1 Å². The molecule has 1 saturated heterocycles. The number of hydrogen-bond donors (Lipinski definition) is 1. The third-order valence-electron chi connectivity index (χ3n) is 8.12. The first-order valence-electron chi connectivity index (χ1n) is 13.6. The average Bonchev–Trinajstić information content (AvgIpc) is 2.92. The number of piperidine rings is 1. The Kier molecular flexibility index (Phi) is 9.00. The van der Waals surface area contributed by atoms with Crippen LogP contribution in [0.15, 0.2) is 48.9 Å². The number of carbonyl (C=O) groups excluding carboxylic acids is 1. The number of amides is 1. The number of benzene rings is 1. The number of anilines is 1. The van der Waals surface area contributed by atoms with E-state index in [0.717, 1.165) is 67.9 Å². The highest BCUT2D eigenvalue weighted by Gasteiger charge is 2.28. The first-order chi connectivity index (χ1) is 18.3. The largest absolute Gasteiger partial charge is 0.497 e. The van der Waals surface area contributed by atoms with E-state index in [4.69, 9.17) is 10.5 Å². The highest BCUT2D eigenvalue weighted by Crippen LogP contribution is 2.29. The maximum atomic E-state index is 11.9. The lowest BCUT2D eigenvalue weighted by molar-refractivity contribution is 0.0999. The van der Waals surface area contributed by atoms with Crippen molar-refractivity contribution in [3.8, 4) is 5.75 Å². The molecule has 38 heavy (non-hydrogen) atoms. The molecule has 202 valence electrons. The summed E-state index contributed by atoms with van der Waals surface area (Å²) >= 11 is 0. The van der Waals surface area contributed by atoms with Gasteiger partial charge in [-0.15, -0.1) is 0 Å². The average molecular weight is 516 g/mol. The van der Waals surface area contributed by atoms with Gasteiger partial charge in [-0.3, -0.25) is 14.8 Å². The molecule has 7 nitrogen and oxygen atoms in total. The Labute approximate surface area is 227 Å². The van der Waals surface area contributed by atoms with Crippen LogP contribution < -0.4 is 15.4 Å². The molecule has 2 N–H and O–H groups in total. The number of primary amides is 1. The number of aryl methyl sites for hydroxylation is 3. The fourth-order valence-electron chi connectivity index (χ4n) is 5.62. The maximum Gasteiger partial charge on any atom is 0.249 e. The van der Waals surface area contributed by atoms with E-state index in [-0.39, 0.29) is 5.91 Å². The summed E-state index contributed by atoms with van der Waals surface area (Å²) in [6.07, 6.45) is 9.66. The summed E-state index contributed by atoms with van der Waals surface area (Å²) in [5.74, 6) is 0.498. The second kappa shape index (κ2) is 12.4. The number of nitrogens with zero attached hydrogens (tertiary/aromatic N) is 4. The summed E-state index contributed by atoms with van der Waals surface area (Å²) < 4.78 is 5.40. The van der Waals surface area contributed by atoms with Crippen molar-refractivity contribution >= 4 is 11.6 Å². The van der Waals surface area contributed by atoms with E-state index < -0.39 is 0 Å². The van der Waals surface area contributed by atoms with Crippen molar-refractivity contribution in [1.29, 1.82) is 0 Å². The van der Waals surface area contributed by atoms with Gasteiger partial charge in [0, 0.05) is 67.3 Å². The minimum Gasteiger partial charge on any atom is -0.497 e. The molecule has 1 aliphatic rings. The van der Waals surface area contributed by atoms with Gasteiger partial charge in [0.15, 0.2) is 0 Å². The normalized spacial score (nSPS) is 15.3. The van der Waals surface area contributed by atoms with Gasteiger partial charge in [-0.05, 0) is 106 Å². The Morgan fingerprint density at radius 2 is 1.82 bits per heavy atom. The second-order valence-electron chi connectivity index (χ2n) is 10.5. The predicted molar refractivity (Wildman–Crippen MR) is 153 cm³/mol. The highest BCUT2D eigenvalue weighted by molar-refractivity contribution is 5.95. The summed E-state index contributed by atoms with van der Waals surface area (Å²) in [5, 5.41) is 0. The quantitative estimate of drug-likeness (QED) is 0.409. The number of likely N-dealkylation sites (tertiary alicyclic amines) is 1. The lowest BCUT2D eigenvalue weighted by Crippen LogP contribution is -2.47. The minimum atomic E-state index is -0.373. The minimum absolute atomic E-state index is 0.373. The molecule has 0 unspecified atom stereocenters. The molecule has 3 heterocycles. The zero-order chi connectivity index (χ0) is 27.2. The van der Waals surface area contributed by atoms with E-state index in [1.165, 1.54) is 16.8 Å². The lowest BCUT2D eigenvalue weighted by Gasteiger charge is -2.42. The Balaban J connectivity index is 1.41. The molecule has 1 amide bonds. The van der Waals surface area contributed by atoms with Crippen molar-refractivity contribution in [2.45, 2.75) is 72.0 Å². The molecular formula is C31H41N5O2. The Hall–Kier alpha value is -3.45. The number of nitrogens with two attached hydrogens (primary N) is 1. The number of carbonyl (C=O) groups is 1. The lowest BCUT2D eigenvalue weighted by atomic mass is 9.96. The molecule has 1 atom stereocenters. The van der Waals surface area contributed by atoms with Gasteiger partial charge in [0.05, 0.1) is 7.11 Å². The first kappa shape index (κ1) is 27.6. The van der Waals surface area contributed by atoms with Gasteiger partial charge in [-0.25, -0.2) is 0 Å². The molecule has 1 aromatic carbocycles. The molecule has 1 aliphatic heterocycles. The molecule has 7 heteroatoms. The van der Waals surface area contributed by atoms with Crippen molar-refractivity contribution in [1.82, 2.24) is 14.9 Å².